The van der Waals surface area contributed by atoms with Crippen LogP contribution in [0.1, 0.15) is 39.0 Å². The van der Waals surface area contributed by atoms with E-state index in [-0.39, 0.29) is 0 Å². The summed E-state index contributed by atoms with van der Waals surface area (Å²) in [6, 6.07) is 0.923. The molecule has 0 amide bonds. The normalized spacial score (nSPS) is 13.3. The van der Waals surface area contributed by atoms with E-state index in [4.69, 9.17) is 22.4 Å². The monoisotopic (exact) mass is 1860 g/mol. The molecule has 1 heterocycles. The Hall–Kier alpha value is 11.3. The van der Waals surface area contributed by atoms with Gasteiger partial charge in [0.1, 0.15) is 5.78 Å². The zero-order valence-corrected chi connectivity index (χ0v) is 72.6. The Morgan fingerprint density at radius 3 is 0.646 bits per heavy atom. The van der Waals surface area contributed by atoms with Crippen LogP contribution in [0.25, 0.3) is 0 Å². The molecule has 65 heavy (non-hydrogen) atoms. The first-order valence-electron chi connectivity index (χ1n) is 13.7. The predicted octanol–water partition coefficient (Wildman–Crippen LogP) is 1.37. The zero-order valence-electron chi connectivity index (χ0n) is 29.3. The van der Waals surface area contributed by atoms with E-state index in [0.29, 0.717) is 17.9 Å². The minimum Gasteiger partial charge on any atom is -0.310 e. The van der Waals surface area contributed by atoms with Gasteiger partial charge in [-0.1, -0.05) is 6.42 Å². The summed E-state index contributed by atoms with van der Waals surface area (Å²) in [5, 5.41) is 3.53. The van der Waals surface area contributed by atoms with Crippen LogP contribution in [0.4, 0.5) is 0 Å². The fourth-order valence-corrected chi connectivity index (χ4v) is 137. The van der Waals surface area contributed by atoms with Gasteiger partial charge in [0.2, 0.25) is 0 Å². The van der Waals surface area contributed by atoms with Crippen LogP contribution in [0.5, 0.6) is 0 Å². The first kappa shape index (κ1) is 74.3. The molecular weight excluding hydrogens is 1850 g/mol. The molecule has 0 aromatic heterocycles. The van der Waals surface area contributed by atoms with Gasteiger partial charge in [-0.3, -0.25) is 4.79 Å². The third-order valence-electron chi connectivity index (χ3n) is 4.59. The fourth-order valence-electron chi connectivity index (χ4n) is 2.85. The van der Waals surface area contributed by atoms with Crippen molar-refractivity contribution in [1.29, 1.82) is 0 Å². The third-order valence-corrected chi connectivity index (χ3v) is 116. The minimum atomic E-state index is 0.414. The highest BCUT2D eigenvalue weighted by Gasteiger charge is 2.32. The average molecular weight is 1870 g/mol. The smallest absolute Gasteiger partial charge is 0.136 e. The topological polar surface area (TPSA) is 29.1 Å². The molecule has 2 nitrogen and oxygen atoms in total. The highest BCUT2D eigenvalue weighted by molar-refractivity contribution is 8.82. The van der Waals surface area contributed by atoms with E-state index in [2.05, 4.69) is 12.2 Å². The number of rotatable bonds is 1. The zero-order chi connectivity index (χ0) is 46.6. The quantitative estimate of drug-likeness (QED) is 0.431. The Morgan fingerprint density at radius 2 is 0.508 bits per heavy atom. The lowest BCUT2D eigenvalue weighted by atomic mass is 9.76. The van der Waals surface area contributed by atoms with E-state index in [1.54, 1.807) is 107 Å². The van der Waals surface area contributed by atoms with Crippen LogP contribution in [0.2, 0.25) is 0 Å². The second kappa shape index (κ2) is 64.5. The van der Waals surface area contributed by atoms with Gasteiger partial charge in [0.15, 0.2) is 0 Å². The minimum absolute atomic E-state index is 0.414. The van der Waals surface area contributed by atoms with Gasteiger partial charge >= 0.3 is 0 Å². The molecule has 0 bridgehead atoms. The van der Waals surface area contributed by atoms with E-state index >= 15 is 0 Å². The van der Waals surface area contributed by atoms with Crippen molar-refractivity contribution in [2.45, 2.75) is 51.1 Å². The number of carbonyl (C=O) groups is 1. The molecule has 1 aliphatic heterocycles. The van der Waals surface area contributed by atoms with Crippen LogP contribution in [-0.4, -0.2) is 17.9 Å². The van der Waals surface area contributed by atoms with Gasteiger partial charge in [0.05, 0.1) is 0 Å². The summed E-state index contributed by atoms with van der Waals surface area (Å²) in [7, 11) is 91.2. The summed E-state index contributed by atoms with van der Waals surface area (Å²) < 4.78 is 0. The standard InChI is InChI=1S/C10H17NO.S53/c1-7-5-9(12)6-10(11-7)8-3-2-4-8;1-3-5-7-9-11-13-15-17-19-21-23-25-27-29-31-33-35-37-39-41-43-45-47-49-51-53-52-50-48-46-44-42-40-38-36-34-32-30-28-26-24-22-20-18-16-14-12-10-8-6-4-2/h7-8,10-11H,2-6H2,1H3;. The largest absolute Gasteiger partial charge is 0.310 e. The van der Waals surface area contributed by atoms with Crippen molar-refractivity contribution in [1.82, 2.24) is 5.32 Å². The molecule has 1 saturated carbocycles. The maximum absolute atomic E-state index is 11.3. The molecule has 386 valence electrons. The highest BCUT2D eigenvalue weighted by Crippen LogP contribution is 2.32. The summed E-state index contributed by atoms with van der Waals surface area (Å²) >= 11 is 9.63. The number of Topliss-reactive ketones (excluding diaryl/α,β-unsaturated/α-hetero) is 1. The molecule has 1 aliphatic carbocycles. The molecule has 0 aromatic rings. The Balaban J connectivity index is 0.00000149. The summed E-state index contributed by atoms with van der Waals surface area (Å²) in [5.74, 6) is 1.26. The molecule has 0 aromatic carbocycles. The van der Waals surface area contributed by atoms with Gasteiger partial charge in [-0.2, -0.15) is 0 Å². The van der Waals surface area contributed by atoms with Gasteiger partial charge in [-0.15, -0.1) is 0 Å². The SMILES string of the molecule is CC1CC(=O)CC(C2CCC2)N1.S=S=S=S=S=S=S=S=S=S=S=S=S=S=S=S=S=S=S=S=S=S=S=S=S=S=S=S=S=S=S=S=S=S=S=S=S=S=S=S=S=S=S=S=S=S=S=S=S=S=S=S=S. The van der Waals surface area contributed by atoms with E-state index in [0.717, 1.165) is 18.8 Å². The van der Waals surface area contributed by atoms with Gasteiger partial charge in [0, 0.05) is 500 Å². The van der Waals surface area contributed by atoms with Gasteiger partial charge in [-0.05, 0) is 25.7 Å². The van der Waals surface area contributed by atoms with Gasteiger partial charge < -0.3 is 5.32 Å². The van der Waals surface area contributed by atoms with Crippen molar-refractivity contribution >= 4 is 481 Å². The van der Waals surface area contributed by atoms with E-state index in [1.165, 1.54) is 37.0 Å². The third kappa shape index (κ3) is 58.3. The number of carbonyl (C=O) groups excluding carboxylic acids is 1. The van der Waals surface area contributed by atoms with Crippen LogP contribution < -0.4 is 5.32 Å². The average Bonchev–Trinajstić information content (AvgIpc) is 3.28. The summed E-state index contributed by atoms with van der Waals surface area (Å²) in [6.45, 7) is 2.11. The molecule has 0 spiro atoms. The maximum atomic E-state index is 11.3. The van der Waals surface area contributed by atoms with Crippen LogP contribution in [0.15, 0.2) is 0 Å². The lowest BCUT2D eigenvalue weighted by Gasteiger charge is -2.38. The summed E-state index contributed by atoms with van der Waals surface area (Å²) in [6.07, 6.45) is 5.55. The van der Waals surface area contributed by atoms with E-state index < -0.39 is 0 Å². The number of hydrogen-bond donors (Lipinski definition) is 1. The molecule has 55 heteroatoms. The number of hydrogen-bond acceptors (Lipinski definition) is 4. The molecule has 2 fully saturated rings. The van der Waals surface area contributed by atoms with Crippen LogP contribution in [-0.2, 0) is 480 Å². The van der Waals surface area contributed by atoms with E-state index in [1.807, 2.05) is 329 Å². The predicted molar refractivity (Wildman–Crippen MR) is 438 cm³/mol. The second-order valence-corrected chi connectivity index (χ2v) is 98.0. The lowest BCUT2D eigenvalue weighted by Crippen LogP contribution is -2.49. The van der Waals surface area contributed by atoms with Crippen LogP contribution >= 0.6 is 0 Å². The van der Waals surface area contributed by atoms with Gasteiger partial charge in [0.25, 0.3) is 0 Å². The van der Waals surface area contributed by atoms with Crippen LogP contribution in [0, 0.1) is 5.92 Å². The fraction of sp³-hybridized carbons (Fsp3) is 0.900. The summed E-state index contributed by atoms with van der Waals surface area (Å²) in [5.41, 5.74) is 0. The van der Waals surface area contributed by atoms with E-state index in [9.17, 15) is 4.79 Å². The Labute approximate surface area is 533 Å². The lowest BCUT2D eigenvalue weighted by molar-refractivity contribution is -0.122. The number of nitrogens with one attached hydrogen (secondary N) is 1. The number of ketones is 1. The van der Waals surface area contributed by atoms with Crippen LogP contribution in [0.3, 0.4) is 0 Å². The highest BCUT2D eigenvalue weighted by atomic mass is 33.5. The second-order valence-electron chi connectivity index (χ2n) is 7.78. The van der Waals surface area contributed by atoms with Crippen molar-refractivity contribution in [2.24, 2.45) is 5.92 Å². The molecule has 2 atom stereocenters. The van der Waals surface area contributed by atoms with Crippen molar-refractivity contribution in [3.8, 4) is 0 Å². The molecule has 2 rings (SSSR count). The Morgan fingerprint density at radius 1 is 0.323 bits per heavy atom. The summed E-state index contributed by atoms with van der Waals surface area (Å²) in [4.78, 5) is 11.3. The molecular formula is C10H17NOS53. The molecule has 2 aliphatic rings. The van der Waals surface area contributed by atoms with Crippen molar-refractivity contribution in [3.05, 3.63) is 0 Å². The molecule has 0 radical (unpaired) electrons. The molecule has 1 saturated heterocycles. The number of piperidine rings is 1. The first-order valence-corrected chi connectivity index (χ1v) is 83.0. The molecule has 1 N–H and O–H groups in total. The van der Waals surface area contributed by atoms with Crippen molar-refractivity contribution < 1.29 is 4.79 Å². The van der Waals surface area contributed by atoms with Gasteiger partial charge in [-0.25, -0.2) is 0 Å². The van der Waals surface area contributed by atoms with Crippen molar-refractivity contribution in [2.75, 3.05) is 0 Å². The van der Waals surface area contributed by atoms with Crippen molar-refractivity contribution in [3.63, 3.8) is 0 Å². The first-order chi connectivity index (χ1) is 32.2. The maximum Gasteiger partial charge on any atom is 0.136 e. The Bertz CT molecular complexity index is 3880. The molecule has 2 unspecified atom stereocenters. The Kier molecular flexibility index (Phi) is 73.7.